The summed E-state index contributed by atoms with van der Waals surface area (Å²) in [5.41, 5.74) is 3.82. The zero-order valence-electron chi connectivity index (χ0n) is 15.2. The first kappa shape index (κ1) is 17.0. The van der Waals surface area contributed by atoms with E-state index in [0.717, 1.165) is 42.0 Å². The van der Waals surface area contributed by atoms with Crippen molar-refractivity contribution < 1.29 is 4.74 Å². The van der Waals surface area contributed by atoms with Gasteiger partial charge in [0.2, 0.25) is 5.88 Å². The second kappa shape index (κ2) is 7.46. The van der Waals surface area contributed by atoms with Crippen molar-refractivity contribution >= 4 is 11.5 Å². The van der Waals surface area contributed by atoms with Crippen molar-refractivity contribution in [2.24, 2.45) is 0 Å². The van der Waals surface area contributed by atoms with E-state index in [9.17, 15) is 0 Å². The highest BCUT2D eigenvalue weighted by atomic mass is 16.5. The first-order valence-corrected chi connectivity index (χ1v) is 9.01. The minimum atomic E-state index is 0.0626. The quantitative estimate of drug-likeness (QED) is 0.638. The third-order valence-corrected chi connectivity index (χ3v) is 4.69. The molecule has 0 spiro atoms. The van der Waals surface area contributed by atoms with Gasteiger partial charge in [0.25, 0.3) is 5.82 Å². The fraction of sp³-hybridized carbons (Fsp3) is 0.227. The second-order valence-electron chi connectivity index (χ2n) is 6.67. The Morgan fingerprint density at radius 2 is 1.96 bits per heavy atom. The van der Waals surface area contributed by atoms with Crippen molar-refractivity contribution in [1.82, 2.24) is 9.97 Å². The second-order valence-corrected chi connectivity index (χ2v) is 6.67. The predicted molar refractivity (Wildman–Crippen MR) is 106 cm³/mol. The van der Waals surface area contributed by atoms with Gasteiger partial charge in [0.05, 0.1) is 12.2 Å². The van der Waals surface area contributed by atoms with E-state index in [-0.39, 0.29) is 6.10 Å². The molecule has 1 aromatic carbocycles. The van der Waals surface area contributed by atoms with E-state index in [4.69, 9.17) is 11.3 Å². The van der Waals surface area contributed by atoms with Crippen LogP contribution in [0.4, 0.5) is 11.5 Å². The number of hydrogen-bond acceptors (Lipinski definition) is 4. The van der Waals surface area contributed by atoms with Gasteiger partial charge in [-0.05, 0) is 24.6 Å². The number of rotatable bonds is 4. The van der Waals surface area contributed by atoms with Crippen LogP contribution in [-0.4, -0.2) is 29.2 Å². The molecule has 0 radical (unpaired) electrons. The fourth-order valence-corrected chi connectivity index (χ4v) is 3.28. The maximum atomic E-state index is 7.55. The van der Waals surface area contributed by atoms with E-state index < -0.39 is 0 Å². The van der Waals surface area contributed by atoms with Crippen LogP contribution in [0.2, 0.25) is 0 Å². The molecule has 2 aromatic heterocycles. The Hall–Kier alpha value is -3.39. The monoisotopic (exact) mass is 356 g/mol. The maximum absolute atomic E-state index is 7.55. The summed E-state index contributed by atoms with van der Waals surface area (Å²) in [7, 11) is 0. The number of aromatic nitrogens is 2. The molecule has 4 rings (SSSR count). The average Bonchev–Trinajstić information content (AvgIpc) is 3.18. The number of nitrogens with zero attached hydrogens (tertiary/aromatic N) is 4. The number of benzene rings is 1. The lowest BCUT2D eigenvalue weighted by Crippen LogP contribution is -2.25. The van der Waals surface area contributed by atoms with Gasteiger partial charge in [-0.2, -0.15) is 0 Å². The van der Waals surface area contributed by atoms with Crippen molar-refractivity contribution in [2.75, 3.05) is 18.0 Å². The zero-order chi connectivity index (χ0) is 18.6. The van der Waals surface area contributed by atoms with E-state index in [0.29, 0.717) is 11.7 Å². The Morgan fingerprint density at radius 3 is 2.70 bits per heavy atom. The van der Waals surface area contributed by atoms with Gasteiger partial charge in [0.15, 0.2) is 5.69 Å². The third-order valence-electron chi connectivity index (χ3n) is 4.69. The number of anilines is 1. The molecule has 5 heteroatoms. The van der Waals surface area contributed by atoms with Crippen molar-refractivity contribution in [1.29, 1.82) is 0 Å². The zero-order valence-corrected chi connectivity index (χ0v) is 15.2. The first-order valence-electron chi connectivity index (χ1n) is 9.01. The molecule has 5 nitrogen and oxygen atoms in total. The Labute approximate surface area is 159 Å². The van der Waals surface area contributed by atoms with Crippen LogP contribution >= 0.6 is 0 Å². The lowest BCUT2D eigenvalue weighted by Gasteiger charge is -2.20. The van der Waals surface area contributed by atoms with Crippen molar-refractivity contribution in [3.05, 3.63) is 77.8 Å². The van der Waals surface area contributed by atoms with Crippen LogP contribution in [0, 0.1) is 13.5 Å². The molecule has 0 N–H and O–H groups in total. The predicted octanol–water partition coefficient (Wildman–Crippen LogP) is 4.66. The summed E-state index contributed by atoms with van der Waals surface area (Å²) in [6.07, 6.45) is 2.77. The van der Waals surface area contributed by atoms with Crippen LogP contribution in [0.5, 0.6) is 5.88 Å². The Bertz CT molecular complexity index is 964. The Morgan fingerprint density at radius 1 is 1.11 bits per heavy atom. The van der Waals surface area contributed by atoms with Crippen LogP contribution in [0.3, 0.4) is 0 Å². The molecule has 1 atom stereocenters. The lowest BCUT2D eigenvalue weighted by atomic mass is 10.1. The first-order chi connectivity index (χ1) is 13.2. The highest BCUT2D eigenvalue weighted by molar-refractivity contribution is 5.72. The smallest absolute Gasteiger partial charge is 0.293 e. The highest BCUT2D eigenvalue weighted by Crippen LogP contribution is 2.33. The molecule has 0 aliphatic carbocycles. The van der Waals surface area contributed by atoms with Crippen molar-refractivity contribution in [3.8, 4) is 17.1 Å². The summed E-state index contributed by atoms with van der Waals surface area (Å²) in [5.74, 6) is 1.08. The van der Waals surface area contributed by atoms with E-state index in [1.54, 1.807) is 0 Å². The summed E-state index contributed by atoms with van der Waals surface area (Å²) >= 11 is 0. The molecule has 0 bridgehead atoms. The van der Waals surface area contributed by atoms with Gasteiger partial charge in [0.1, 0.15) is 6.10 Å². The summed E-state index contributed by atoms with van der Waals surface area (Å²) in [5, 5.41) is 0. The molecule has 27 heavy (non-hydrogen) atoms. The topological polar surface area (TPSA) is 42.6 Å². The largest absolute Gasteiger partial charge is 0.472 e. The van der Waals surface area contributed by atoms with Gasteiger partial charge in [-0.1, -0.05) is 43.0 Å². The standard InChI is InChI=1S/C22H20N4O/c1-16-8-11-21(24-14-16)27-18-12-13-26(15-18)20-10-9-19(25-22(20)23-2)17-6-4-3-5-7-17/h3-11,14,18H,12-13,15H2,1H3/t18-/m1/s1. The summed E-state index contributed by atoms with van der Waals surface area (Å²) in [6, 6.07) is 17.8. The number of ether oxygens (including phenoxy) is 1. The molecular formula is C22H20N4O. The molecule has 0 amide bonds. The molecule has 0 saturated carbocycles. The Balaban J connectivity index is 1.50. The highest BCUT2D eigenvalue weighted by Gasteiger charge is 2.27. The van der Waals surface area contributed by atoms with E-state index in [2.05, 4.69) is 19.7 Å². The van der Waals surface area contributed by atoms with Crippen LogP contribution < -0.4 is 9.64 Å². The van der Waals surface area contributed by atoms with E-state index >= 15 is 0 Å². The molecule has 1 aliphatic heterocycles. The van der Waals surface area contributed by atoms with Crippen LogP contribution in [0.15, 0.2) is 60.8 Å². The molecule has 1 fully saturated rings. The summed E-state index contributed by atoms with van der Waals surface area (Å²) < 4.78 is 6.00. The fourth-order valence-electron chi connectivity index (χ4n) is 3.28. The molecule has 3 heterocycles. The SMILES string of the molecule is [C-]#[N+]c1nc(-c2ccccc2)ccc1N1CC[C@@H](Oc2ccc(C)cn2)C1. The van der Waals surface area contributed by atoms with E-state index in [1.807, 2.05) is 67.7 Å². The van der Waals surface area contributed by atoms with Crippen molar-refractivity contribution in [2.45, 2.75) is 19.4 Å². The molecule has 3 aromatic rings. The van der Waals surface area contributed by atoms with Gasteiger partial charge in [-0.3, -0.25) is 0 Å². The molecule has 134 valence electrons. The summed E-state index contributed by atoms with van der Waals surface area (Å²) in [4.78, 5) is 14.7. The molecule has 1 saturated heterocycles. The van der Waals surface area contributed by atoms with Gasteiger partial charge < -0.3 is 14.5 Å². The minimum absolute atomic E-state index is 0.0626. The number of pyridine rings is 2. The van der Waals surface area contributed by atoms with Gasteiger partial charge in [0, 0.05) is 30.8 Å². The van der Waals surface area contributed by atoms with Crippen LogP contribution in [0.25, 0.3) is 16.1 Å². The van der Waals surface area contributed by atoms with Gasteiger partial charge in [-0.15, -0.1) is 4.98 Å². The average molecular weight is 356 g/mol. The van der Waals surface area contributed by atoms with Crippen molar-refractivity contribution in [3.63, 3.8) is 0 Å². The van der Waals surface area contributed by atoms with Crippen LogP contribution in [-0.2, 0) is 0 Å². The molecular weight excluding hydrogens is 336 g/mol. The maximum Gasteiger partial charge on any atom is 0.293 e. The summed E-state index contributed by atoms with van der Waals surface area (Å²) in [6.45, 7) is 11.1. The Kier molecular flexibility index (Phi) is 4.71. The van der Waals surface area contributed by atoms with E-state index in [1.165, 1.54) is 0 Å². The molecule has 0 unspecified atom stereocenters. The number of hydrogen-bond donors (Lipinski definition) is 0. The lowest BCUT2D eigenvalue weighted by molar-refractivity contribution is 0.216. The van der Waals surface area contributed by atoms with Gasteiger partial charge >= 0.3 is 0 Å². The third kappa shape index (κ3) is 3.75. The van der Waals surface area contributed by atoms with Crippen LogP contribution in [0.1, 0.15) is 12.0 Å². The minimum Gasteiger partial charge on any atom is -0.472 e. The number of aryl methyl sites for hydroxylation is 1. The van der Waals surface area contributed by atoms with Gasteiger partial charge in [-0.25, -0.2) is 4.98 Å². The normalized spacial score (nSPS) is 16.1. The molecule has 1 aliphatic rings.